The Morgan fingerprint density at radius 1 is 1.33 bits per heavy atom. The van der Waals surface area contributed by atoms with Gasteiger partial charge in [0.25, 0.3) is 0 Å². The van der Waals surface area contributed by atoms with Gasteiger partial charge in [-0.1, -0.05) is 12.1 Å². The van der Waals surface area contributed by atoms with Crippen LogP contribution in [0.4, 0.5) is 0 Å². The number of carbonyl (C=O) groups is 1. The van der Waals surface area contributed by atoms with Crippen molar-refractivity contribution in [2.45, 2.75) is 30.8 Å². The summed E-state index contributed by atoms with van der Waals surface area (Å²) in [4.78, 5) is 12.2. The van der Waals surface area contributed by atoms with Gasteiger partial charge in [-0.05, 0) is 37.0 Å². The number of rotatable bonds is 5. The smallest absolute Gasteiger partial charge is 0.237 e. The van der Waals surface area contributed by atoms with Gasteiger partial charge in [0.1, 0.15) is 5.75 Å². The average molecular weight is 294 g/mol. The summed E-state index contributed by atoms with van der Waals surface area (Å²) in [5.74, 6) is -0.0998. The molecule has 0 radical (unpaired) electrons. The number of aliphatic hydroxyl groups excluding tert-OH is 1. The summed E-state index contributed by atoms with van der Waals surface area (Å²) < 4.78 is 5.26. The van der Waals surface area contributed by atoms with Crippen LogP contribution >= 0.6 is 0 Å². The first kappa shape index (κ1) is 15.8. The lowest BCUT2D eigenvalue weighted by Crippen LogP contribution is -2.58. The number of phenols is 1. The van der Waals surface area contributed by atoms with Crippen LogP contribution in [-0.4, -0.2) is 47.5 Å². The summed E-state index contributed by atoms with van der Waals surface area (Å²) in [5, 5.41) is 21.7. The molecule has 0 bridgehead atoms. The second-order valence-corrected chi connectivity index (χ2v) is 5.52. The predicted molar refractivity (Wildman–Crippen MR) is 77.8 cm³/mol. The monoisotopic (exact) mass is 294 g/mol. The number of ether oxygens (including phenoxy) is 1. The van der Waals surface area contributed by atoms with Crippen LogP contribution in [0.5, 0.6) is 5.75 Å². The van der Waals surface area contributed by atoms with Crippen molar-refractivity contribution < 1.29 is 19.7 Å². The lowest BCUT2D eigenvalue weighted by Gasteiger charge is -2.37. The van der Waals surface area contributed by atoms with Crippen LogP contribution in [0.25, 0.3) is 0 Å². The van der Waals surface area contributed by atoms with Gasteiger partial charge >= 0.3 is 0 Å². The van der Waals surface area contributed by atoms with E-state index in [2.05, 4.69) is 5.32 Å². The second kappa shape index (κ2) is 6.89. The number of hydrogen-bond donors (Lipinski definition) is 4. The average Bonchev–Trinajstić information content (AvgIpc) is 2.50. The van der Waals surface area contributed by atoms with Gasteiger partial charge in [-0.25, -0.2) is 0 Å². The molecule has 1 fully saturated rings. The number of hydrogen-bond acceptors (Lipinski definition) is 5. The summed E-state index contributed by atoms with van der Waals surface area (Å²) >= 11 is 0. The predicted octanol–water partition coefficient (Wildman–Crippen LogP) is -0.0803. The molecule has 0 spiro atoms. The molecule has 0 aromatic heterocycles. The third-order valence-electron chi connectivity index (χ3n) is 3.87. The zero-order chi connectivity index (χ0) is 15.3. The van der Waals surface area contributed by atoms with Crippen molar-refractivity contribution in [3.05, 3.63) is 29.8 Å². The number of nitrogens with one attached hydrogen (secondary N) is 1. The van der Waals surface area contributed by atoms with Gasteiger partial charge in [0, 0.05) is 13.2 Å². The second-order valence-electron chi connectivity index (χ2n) is 5.52. The van der Waals surface area contributed by atoms with Gasteiger partial charge in [-0.15, -0.1) is 0 Å². The summed E-state index contributed by atoms with van der Waals surface area (Å²) in [7, 11) is 0. The van der Waals surface area contributed by atoms with Crippen molar-refractivity contribution in [3.8, 4) is 5.75 Å². The molecule has 1 aromatic carbocycles. The molecule has 1 heterocycles. The fraction of sp³-hybridized carbons (Fsp3) is 0.533. The molecule has 1 saturated heterocycles. The van der Waals surface area contributed by atoms with E-state index >= 15 is 0 Å². The minimum Gasteiger partial charge on any atom is -0.508 e. The Balaban J connectivity index is 1.93. The quantitative estimate of drug-likeness (QED) is 0.608. The SMILES string of the molecule is N[C@H](Cc1ccc(O)cc1)C(=O)NC1(CO)CCOCC1. The highest BCUT2D eigenvalue weighted by molar-refractivity contribution is 5.82. The Labute approximate surface area is 123 Å². The maximum atomic E-state index is 12.2. The molecular formula is C15H22N2O4. The van der Waals surface area contributed by atoms with E-state index in [9.17, 15) is 15.0 Å². The van der Waals surface area contributed by atoms with Gasteiger partial charge < -0.3 is 26.0 Å². The largest absolute Gasteiger partial charge is 0.508 e. The topological polar surface area (TPSA) is 105 Å². The number of nitrogens with two attached hydrogens (primary N) is 1. The van der Waals surface area contributed by atoms with E-state index in [1.165, 1.54) is 0 Å². The molecule has 0 unspecified atom stereocenters. The van der Waals surface area contributed by atoms with Crippen LogP contribution in [-0.2, 0) is 16.0 Å². The molecule has 21 heavy (non-hydrogen) atoms. The number of aliphatic hydroxyl groups is 1. The fourth-order valence-electron chi connectivity index (χ4n) is 2.42. The van der Waals surface area contributed by atoms with E-state index in [1.54, 1.807) is 24.3 Å². The molecule has 1 aliphatic rings. The van der Waals surface area contributed by atoms with E-state index < -0.39 is 11.6 Å². The minimum atomic E-state index is -0.694. The Morgan fingerprint density at radius 3 is 2.52 bits per heavy atom. The van der Waals surface area contributed by atoms with Crippen molar-refractivity contribution in [1.82, 2.24) is 5.32 Å². The fourth-order valence-corrected chi connectivity index (χ4v) is 2.42. The molecule has 6 nitrogen and oxygen atoms in total. The highest BCUT2D eigenvalue weighted by Crippen LogP contribution is 2.20. The van der Waals surface area contributed by atoms with Gasteiger partial charge in [0.2, 0.25) is 5.91 Å². The highest BCUT2D eigenvalue weighted by atomic mass is 16.5. The normalized spacial score (nSPS) is 19.0. The number of carbonyl (C=O) groups excluding carboxylic acids is 1. The third-order valence-corrected chi connectivity index (χ3v) is 3.87. The first-order valence-electron chi connectivity index (χ1n) is 7.09. The van der Waals surface area contributed by atoms with Crippen LogP contribution in [0, 0.1) is 0 Å². The maximum absolute atomic E-state index is 12.2. The minimum absolute atomic E-state index is 0.117. The highest BCUT2D eigenvalue weighted by Gasteiger charge is 2.34. The van der Waals surface area contributed by atoms with Gasteiger partial charge in [0.15, 0.2) is 0 Å². The first-order valence-corrected chi connectivity index (χ1v) is 7.09. The van der Waals surface area contributed by atoms with Crippen molar-refractivity contribution in [3.63, 3.8) is 0 Å². The summed E-state index contributed by atoms with van der Waals surface area (Å²) in [6.07, 6.45) is 1.55. The van der Waals surface area contributed by atoms with E-state index in [0.717, 1.165) is 5.56 Å². The Kier molecular flexibility index (Phi) is 5.17. The molecule has 6 heteroatoms. The molecule has 1 aromatic rings. The standard InChI is InChI=1S/C15H22N2O4/c16-13(9-11-1-3-12(19)4-2-11)14(20)17-15(10-18)5-7-21-8-6-15/h1-4,13,18-19H,5-10,16H2,(H,17,20)/t13-/m1/s1. The van der Waals surface area contributed by atoms with Crippen LogP contribution in [0.2, 0.25) is 0 Å². The van der Waals surface area contributed by atoms with Gasteiger partial charge in [0.05, 0.1) is 18.2 Å². The zero-order valence-electron chi connectivity index (χ0n) is 11.9. The van der Waals surface area contributed by atoms with Crippen molar-refractivity contribution in [2.24, 2.45) is 5.73 Å². The molecule has 1 aliphatic heterocycles. The van der Waals surface area contributed by atoms with Crippen LogP contribution < -0.4 is 11.1 Å². The van der Waals surface area contributed by atoms with Gasteiger partial charge in [-0.3, -0.25) is 4.79 Å². The summed E-state index contributed by atoms with van der Waals surface area (Å²) in [5.41, 5.74) is 6.18. The van der Waals surface area contributed by atoms with Crippen molar-refractivity contribution >= 4 is 5.91 Å². The molecule has 1 amide bonds. The summed E-state index contributed by atoms with van der Waals surface area (Å²) in [6, 6.07) is 5.90. The number of phenolic OH excluding ortho intramolecular Hbond substituents is 1. The van der Waals surface area contributed by atoms with Crippen molar-refractivity contribution in [2.75, 3.05) is 19.8 Å². The van der Waals surface area contributed by atoms with Crippen LogP contribution in [0.1, 0.15) is 18.4 Å². The van der Waals surface area contributed by atoms with Crippen LogP contribution in [0.3, 0.4) is 0 Å². The molecule has 0 saturated carbocycles. The lowest BCUT2D eigenvalue weighted by atomic mass is 9.90. The molecule has 5 N–H and O–H groups in total. The Morgan fingerprint density at radius 2 is 1.95 bits per heavy atom. The Hall–Kier alpha value is -1.63. The van der Waals surface area contributed by atoms with E-state index in [4.69, 9.17) is 10.5 Å². The zero-order valence-corrected chi connectivity index (χ0v) is 11.9. The van der Waals surface area contributed by atoms with Gasteiger partial charge in [-0.2, -0.15) is 0 Å². The first-order chi connectivity index (χ1) is 10.0. The third kappa shape index (κ3) is 4.17. The molecule has 0 aliphatic carbocycles. The molecular weight excluding hydrogens is 272 g/mol. The molecule has 2 rings (SSSR count). The molecule has 1 atom stereocenters. The Bertz CT molecular complexity index is 469. The van der Waals surface area contributed by atoms with Crippen molar-refractivity contribution in [1.29, 1.82) is 0 Å². The number of benzene rings is 1. The maximum Gasteiger partial charge on any atom is 0.237 e. The summed E-state index contributed by atoms with van der Waals surface area (Å²) in [6.45, 7) is 0.927. The van der Waals surface area contributed by atoms with E-state index in [0.29, 0.717) is 32.5 Å². The number of aromatic hydroxyl groups is 1. The number of amides is 1. The van der Waals surface area contributed by atoms with E-state index in [1.807, 2.05) is 0 Å². The molecule has 116 valence electrons. The van der Waals surface area contributed by atoms with E-state index in [-0.39, 0.29) is 18.3 Å². The lowest BCUT2D eigenvalue weighted by molar-refractivity contribution is -0.126. The van der Waals surface area contributed by atoms with Crippen LogP contribution in [0.15, 0.2) is 24.3 Å².